The molecule has 1 aromatic carbocycles. The molecule has 0 bridgehead atoms. The lowest BCUT2D eigenvalue weighted by atomic mass is 9.95. The van der Waals surface area contributed by atoms with E-state index in [9.17, 15) is 9.59 Å². The van der Waals surface area contributed by atoms with Crippen molar-refractivity contribution >= 4 is 5.82 Å². The predicted octanol–water partition coefficient (Wildman–Crippen LogP) is 2.09. The van der Waals surface area contributed by atoms with Gasteiger partial charge in [0.1, 0.15) is 5.82 Å². The Kier molecular flexibility index (Phi) is 5.25. The number of H-pyrrole nitrogens is 1. The number of nitrogens with zero attached hydrogens (tertiary/aromatic N) is 3. The van der Waals surface area contributed by atoms with Crippen molar-refractivity contribution in [3.05, 3.63) is 50.7 Å². The summed E-state index contributed by atoms with van der Waals surface area (Å²) in [5.74, 6) is 2.25. The fourth-order valence-corrected chi connectivity index (χ4v) is 4.79. The van der Waals surface area contributed by atoms with Gasteiger partial charge in [0.05, 0.1) is 0 Å². The molecule has 0 spiro atoms. The quantitative estimate of drug-likeness (QED) is 0.829. The molecule has 2 fully saturated rings. The highest BCUT2D eigenvalue weighted by Crippen LogP contribution is 2.33. The number of aromatic amines is 1. The van der Waals surface area contributed by atoms with Crippen molar-refractivity contribution in [1.82, 2.24) is 14.5 Å². The number of fused-ring (bicyclic) bond motifs is 1. The minimum Gasteiger partial charge on any atom is -0.454 e. The Morgan fingerprint density at radius 1 is 0.933 bits per heavy atom. The lowest BCUT2D eigenvalue weighted by Gasteiger charge is -2.35. The van der Waals surface area contributed by atoms with Gasteiger partial charge in [-0.3, -0.25) is 19.2 Å². The lowest BCUT2D eigenvalue weighted by Crippen LogP contribution is -2.48. The third-order valence-electron chi connectivity index (χ3n) is 6.45. The zero-order valence-corrected chi connectivity index (χ0v) is 17.1. The molecule has 1 N–H and O–H groups in total. The summed E-state index contributed by atoms with van der Waals surface area (Å²) >= 11 is 0. The van der Waals surface area contributed by atoms with E-state index in [0.29, 0.717) is 5.82 Å². The first-order valence-corrected chi connectivity index (χ1v) is 10.9. The summed E-state index contributed by atoms with van der Waals surface area (Å²) in [5, 5.41) is 0. The van der Waals surface area contributed by atoms with Crippen LogP contribution in [0.15, 0.2) is 33.9 Å². The summed E-state index contributed by atoms with van der Waals surface area (Å²) in [5.41, 5.74) is 0.742. The summed E-state index contributed by atoms with van der Waals surface area (Å²) in [6, 6.07) is 7.71. The van der Waals surface area contributed by atoms with Crippen LogP contribution < -0.4 is 25.6 Å². The second-order valence-electron chi connectivity index (χ2n) is 8.41. The van der Waals surface area contributed by atoms with Crippen molar-refractivity contribution in [2.24, 2.45) is 0 Å². The molecule has 5 rings (SSSR count). The molecule has 1 saturated heterocycles. The summed E-state index contributed by atoms with van der Waals surface area (Å²) < 4.78 is 12.3. The van der Waals surface area contributed by atoms with Gasteiger partial charge in [-0.05, 0) is 30.5 Å². The topological polar surface area (TPSA) is 79.8 Å². The average molecular weight is 412 g/mol. The molecule has 3 heterocycles. The van der Waals surface area contributed by atoms with Crippen molar-refractivity contribution in [2.75, 3.05) is 37.9 Å². The molecule has 0 unspecified atom stereocenters. The highest BCUT2D eigenvalue weighted by Gasteiger charge is 2.23. The van der Waals surface area contributed by atoms with E-state index in [1.165, 1.54) is 16.6 Å². The Morgan fingerprint density at radius 2 is 1.70 bits per heavy atom. The molecule has 1 aliphatic carbocycles. The first kappa shape index (κ1) is 19.2. The number of hydrogen-bond acceptors (Lipinski definition) is 6. The van der Waals surface area contributed by atoms with Crippen LogP contribution in [0, 0.1) is 0 Å². The maximum atomic E-state index is 12.7. The molecule has 8 nitrogen and oxygen atoms in total. The van der Waals surface area contributed by atoms with E-state index in [1.54, 1.807) is 6.07 Å². The lowest BCUT2D eigenvalue weighted by molar-refractivity contribution is 0.174. The molecule has 0 atom stereocenters. The molecule has 30 heavy (non-hydrogen) atoms. The van der Waals surface area contributed by atoms with Crippen LogP contribution in [-0.2, 0) is 6.54 Å². The average Bonchev–Trinajstić information content (AvgIpc) is 3.22. The second kappa shape index (κ2) is 8.18. The minimum atomic E-state index is -0.271. The van der Waals surface area contributed by atoms with Gasteiger partial charge in [-0.1, -0.05) is 25.3 Å². The molecule has 160 valence electrons. The first-order chi connectivity index (χ1) is 14.7. The van der Waals surface area contributed by atoms with Crippen molar-refractivity contribution in [3.63, 3.8) is 0 Å². The van der Waals surface area contributed by atoms with Crippen molar-refractivity contribution in [2.45, 2.75) is 44.7 Å². The second-order valence-corrected chi connectivity index (χ2v) is 8.41. The van der Waals surface area contributed by atoms with E-state index >= 15 is 0 Å². The van der Waals surface area contributed by atoms with Crippen molar-refractivity contribution in [3.8, 4) is 11.5 Å². The predicted molar refractivity (Wildman–Crippen MR) is 113 cm³/mol. The summed E-state index contributed by atoms with van der Waals surface area (Å²) in [4.78, 5) is 32.8. The molecule has 2 aliphatic heterocycles. The van der Waals surface area contributed by atoms with E-state index in [0.717, 1.165) is 69.9 Å². The number of hydrogen-bond donors (Lipinski definition) is 1. The standard InChI is InChI=1S/C22H28N4O4/c27-21-13-20(23-22(28)26(21)17-4-2-1-3-5-17)25-10-8-24(9-11-25)14-16-6-7-18-19(12-16)30-15-29-18/h6-7,12-13,17H,1-5,8-11,14-15H2,(H,23,28). The molecule has 0 radical (unpaired) electrons. The number of anilines is 1. The van der Waals surface area contributed by atoms with Crippen LogP contribution in [0.25, 0.3) is 0 Å². The van der Waals surface area contributed by atoms with Crippen LogP contribution in [0.1, 0.15) is 43.7 Å². The molecular weight excluding hydrogens is 384 g/mol. The van der Waals surface area contributed by atoms with Gasteiger partial charge in [0.15, 0.2) is 11.5 Å². The van der Waals surface area contributed by atoms with Crippen LogP contribution in [-0.4, -0.2) is 47.4 Å². The molecule has 8 heteroatoms. The Morgan fingerprint density at radius 3 is 2.47 bits per heavy atom. The van der Waals surface area contributed by atoms with Crippen LogP contribution in [0.2, 0.25) is 0 Å². The van der Waals surface area contributed by atoms with E-state index in [4.69, 9.17) is 9.47 Å². The normalized spacial score (nSPS) is 19.9. The summed E-state index contributed by atoms with van der Waals surface area (Å²) in [6.45, 7) is 4.39. The number of ether oxygens (including phenoxy) is 2. The van der Waals surface area contributed by atoms with Gasteiger partial charge < -0.3 is 14.4 Å². The van der Waals surface area contributed by atoms with Crippen LogP contribution in [0.4, 0.5) is 5.82 Å². The van der Waals surface area contributed by atoms with Crippen molar-refractivity contribution < 1.29 is 9.47 Å². The van der Waals surface area contributed by atoms with Gasteiger partial charge in [0, 0.05) is 44.8 Å². The van der Waals surface area contributed by atoms with E-state index < -0.39 is 0 Å². The largest absolute Gasteiger partial charge is 0.454 e. The van der Waals surface area contributed by atoms with Crippen molar-refractivity contribution in [1.29, 1.82) is 0 Å². The van der Waals surface area contributed by atoms with Crippen LogP contribution in [0.3, 0.4) is 0 Å². The van der Waals surface area contributed by atoms with Crippen LogP contribution in [0.5, 0.6) is 11.5 Å². The number of rotatable bonds is 4. The Bertz CT molecular complexity index is 985. The summed E-state index contributed by atoms with van der Waals surface area (Å²) in [7, 11) is 0. The van der Waals surface area contributed by atoms with Gasteiger partial charge in [-0.25, -0.2) is 4.79 Å². The van der Waals surface area contributed by atoms with E-state index in [1.807, 2.05) is 12.1 Å². The smallest absolute Gasteiger partial charge is 0.330 e. The van der Waals surface area contributed by atoms with E-state index in [2.05, 4.69) is 20.9 Å². The number of aromatic nitrogens is 2. The molecule has 3 aliphatic rings. The number of nitrogens with one attached hydrogen (secondary N) is 1. The fraction of sp³-hybridized carbons (Fsp3) is 0.545. The Balaban J connectivity index is 1.23. The van der Waals surface area contributed by atoms with Gasteiger partial charge >= 0.3 is 5.69 Å². The van der Waals surface area contributed by atoms with E-state index in [-0.39, 0.29) is 24.1 Å². The third kappa shape index (κ3) is 3.84. The highest BCUT2D eigenvalue weighted by atomic mass is 16.7. The van der Waals surface area contributed by atoms with Gasteiger partial charge in [0.2, 0.25) is 6.79 Å². The maximum Gasteiger partial charge on any atom is 0.330 e. The molecule has 1 saturated carbocycles. The monoisotopic (exact) mass is 412 g/mol. The number of benzene rings is 1. The molecule has 1 aromatic heterocycles. The molecular formula is C22H28N4O4. The molecule has 0 amide bonds. The first-order valence-electron chi connectivity index (χ1n) is 10.9. The zero-order valence-electron chi connectivity index (χ0n) is 17.1. The Hall–Kier alpha value is -2.74. The number of piperazine rings is 1. The third-order valence-corrected chi connectivity index (χ3v) is 6.45. The summed E-state index contributed by atoms with van der Waals surface area (Å²) in [6.07, 6.45) is 5.20. The fourth-order valence-electron chi connectivity index (χ4n) is 4.79. The van der Waals surface area contributed by atoms with Gasteiger partial charge in [-0.15, -0.1) is 0 Å². The van der Waals surface area contributed by atoms with Gasteiger partial charge in [-0.2, -0.15) is 0 Å². The van der Waals surface area contributed by atoms with Gasteiger partial charge in [0.25, 0.3) is 5.56 Å². The zero-order chi connectivity index (χ0) is 20.5. The highest BCUT2D eigenvalue weighted by molar-refractivity contribution is 5.44. The maximum absolute atomic E-state index is 12.7. The Labute approximate surface area is 175 Å². The van der Waals surface area contributed by atoms with Crippen LogP contribution >= 0.6 is 0 Å². The minimum absolute atomic E-state index is 0.0441. The SMILES string of the molecule is O=c1cc(N2CCN(Cc3ccc4c(c3)OCO4)CC2)[nH]c(=O)n1C1CCCCC1. The molecule has 2 aromatic rings.